The third kappa shape index (κ3) is 4.45. The van der Waals surface area contributed by atoms with Crippen molar-refractivity contribution in [2.45, 2.75) is 38.6 Å². The van der Waals surface area contributed by atoms with Crippen LogP contribution in [-0.4, -0.2) is 68.3 Å². The minimum Gasteiger partial charge on any atom is -0.480 e. The number of aliphatic carboxylic acids is 1. The lowest BCUT2D eigenvalue weighted by molar-refractivity contribution is -0.145. The second-order valence-electron chi connectivity index (χ2n) is 6.90. The number of carbonyl (C=O) groups excluding carboxylic acids is 2. The van der Waals surface area contributed by atoms with Crippen LogP contribution in [0.3, 0.4) is 0 Å². The molecule has 2 aromatic rings. The molecule has 2 N–H and O–H groups in total. The molecule has 8 heteroatoms. The fraction of sp³-hybridized carbons (Fsp3) is 0.474. The number of carbonyl (C=O) groups is 3. The van der Waals surface area contributed by atoms with Crippen LogP contribution in [0.2, 0.25) is 0 Å². The van der Waals surface area contributed by atoms with Crippen molar-refractivity contribution in [1.82, 2.24) is 19.8 Å². The Hall–Kier alpha value is -2.90. The summed E-state index contributed by atoms with van der Waals surface area (Å²) in [5.41, 5.74) is 1.68. The minimum absolute atomic E-state index is 0.0352. The number of aromatic amines is 1. The van der Waals surface area contributed by atoms with E-state index in [0.29, 0.717) is 32.4 Å². The third-order valence-corrected chi connectivity index (χ3v) is 5.08. The van der Waals surface area contributed by atoms with E-state index in [0.717, 1.165) is 23.0 Å². The molecule has 3 rings (SSSR count). The summed E-state index contributed by atoms with van der Waals surface area (Å²) in [7, 11) is 0. The first-order chi connectivity index (χ1) is 13.0. The number of H-pyrrole nitrogens is 1. The Labute approximate surface area is 157 Å². The zero-order chi connectivity index (χ0) is 19.4. The van der Waals surface area contributed by atoms with Crippen molar-refractivity contribution in [3.63, 3.8) is 0 Å². The van der Waals surface area contributed by atoms with Gasteiger partial charge in [0.15, 0.2) is 0 Å². The molecule has 1 aliphatic rings. The van der Waals surface area contributed by atoms with E-state index >= 15 is 0 Å². The summed E-state index contributed by atoms with van der Waals surface area (Å²) in [5, 5.41) is 9.98. The fourth-order valence-corrected chi connectivity index (χ4v) is 3.72. The van der Waals surface area contributed by atoms with Crippen molar-refractivity contribution in [2.24, 2.45) is 0 Å². The maximum absolute atomic E-state index is 12.8. The molecule has 3 heterocycles. The number of likely N-dealkylation sites (tertiary alicyclic amines) is 1. The summed E-state index contributed by atoms with van der Waals surface area (Å²) in [6.45, 7) is 2.24. The predicted molar refractivity (Wildman–Crippen MR) is 99.0 cm³/mol. The van der Waals surface area contributed by atoms with Crippen molar-refractivity contribution in [2.75, 3.05) is 19.6 Å². The SMILES string of the molecule is CC(=O)N(CC(=O)O)[C@H]1CCCN(C(=O)Cc2c[nH]c3ncccc23)CC1. The van der Waals surface area contributed by atoms with Crippen molar-refractivity contribution in [3.05, 3.63) is 30.1 Å². The zero-order valence-electron chi connectivity index (χ0n) is 15.4. The summed E-state index contributed by atoms with van der Waals surface area (Å²) >= 11 is 0. The molecule has 27 heavy (non-hydrogen) atoms. The number of hydrogen-bond donors (Lipinski definition) is 2. The fourth-order valence-electron chi connectivity index (χ4n) is 3.72. The monoisotopic (exact) mass is 372 g/mol. The number of nitrogens with zero attached hydrogens (tertiary/aromatic N) is 3. The molecular formula is C19H24N4O4. The molecule has 8 nitrogen and oxygen atoms in total. The van der Waals surface area contributed by atoms with Gasteiger partial charge in [-0.1, -0.05) is 0 Å². The summed E-state index contributed by atoms with van der Waals surface area (Å²) in [5.74, 6) is -1.23. The van der Waals surface area contributed by atoms with Crippen LogP contribution in [-0.2, 0) is 20.8 Å². The molecule has 0 aliphatic carbocycles. The molecule has 2 aromatic heterocycles. The number of aromatic nitrogens is 2. The van der Waals surface area contributed by atoms with Crippen LogP contribution in [0.25, 0.3) is 11.0 Å². The second-order valence-corrected chi connectivity index (χ2v) is 6.90. The van der Waals surface area contributed by atoms with Gasteiger partial charge in [-0.2, -0.15) is 0 Å². The maximum atomic E-state index is 12.8. The summed E-state index contributed by atoms with van der Waals surface area (Å²) in [6.07, 6.45) is 5.86. The number of nitrogens with one attached hydrogen (secondary N) is 1. The van der Waals surface area contributed by atoms with Gasteiger partial charge in [0.2, 0.25) is 11.8 Å². The van der Waals surface area contributed by atoms with Gasteiger partial charge in [-0.05, 0) is 37.0 Å². The van der Waals surface area contributed by atoms with Crippen LogP contribution in [0.15, 0.2) is 24.5 Å². The van der Waals surface area contributed by atoms with Crippen LogP contribution in [0, 0.1) is 0 Å². The van der Waals surface area contributed by atoms with Gasteiger partial charge in [0.05, 0.1) is 6.42 Å². The molecule has 1 aliphatic heterocycles. The Kier molecular flexibility index (Phi) is 5.73. The van der Waals surface area contributed by atoms with Crippen molar-refractivity contribution in [3.8, 4) is 0 Å². The number of hydrogen-bond acceptors (Lipinski definition) is 4. The maximum Gasteiger partial charge on any atom is 0.323 e. The smallest absolute Gasteiger partial charge is 0.323 e. The average Bonchev–Trinajstić information content (AvgIpc) is 2.87. The topological polar surface area (TPSA) is 107 Å². The molecule has 0 saturated carbocycles. The quantitative estimate of drug-likeness (QED) is 0.825. The van der Waals surface area contributed by atoms with E-state index in [1.165, 1.54) is 11.8 Å². The molecule has 0 unspecified atom stereocenters. The van der Waals surface area contributed by atoms with E-state index in [1.54, 1.807) is 6.20 Å². The van der Waals surface area contributed by atoms with Gasteiger partial charge in [-0.15, -0.1) is 0 Å². The van der Waals surface area contributed by atoms with Gasteiger partial charge >= 0.3 is 5.97 Å². The highest BCUT2D eigenvalue weighted by atomic mass is 16.4. The third-order valence-electron chi connectivity index (χ3n) is 5.08. The number of carboxylic acid groups (broad SMARTS) is 1. The average molecular weight is 372 g/mol. The Morgan fingerprint density at radius 3 is 2.89 bits per heavy atom. The van der Waals surface area contributed by atoms with Crippen LogP contribution >= 0.6 is 0 Å². The Morgan fingerprint density at radius 2 is 2.15 bits per heavy atom. The van der Waals surface area contributed by atoms with Crippen LogP contribution in [0.5, 0.6) is 0 Å². The molecule has 0 radical (unpaired) electrons. The van der Waals surface area contributed by atoms with E-state index in [2.05, 4.69) is 9.97 Å². The molecule has 0 spiro atoms. The first-order valence-corrected chi connectivity index (χ1v) is 9.13. The highest BCUT2D eigenvalue weighted by molar-refractivity contribution is 5.87. The van der Waals surface area contributed by atoms with E-state index < -0.39 is 5.97 Å². The van der Waals surface area contributed by atoms with Crippen molar-refractivity contribution < 1.29 is 19.5 Å². The molecule has 144 valence electrons. The van der Waals surface area contributed by atoms with Gasteiger partial charge < -0.3 is 19.9 Å². The van der Waals surface area contributed by atoms with Crippen molar-refractivity contribution in [1.29, 1.82) is 0 Å². The van der Waals surface area contributed by atoms with Crippen LogP contribution < -0.4 is 0 Å². The standard InChI is InChI=1S/C19H24N4O4/c1-13(24)23(12-18(26)27)15-4-3-8-22(9-6-15)17(25)10-14-11-21-19-16(14)5-2-7-20-19/h2,5,7,11,15H,3-4,6,8-10,12H2,1H3,(H,20,21)(H,26,27)/t15-/m0/s1. The number of rotatable bonds is 5. The summed E-state index contributed by atoms with van der Waals surface area (Å²) in [6, 6.07) is 3.64. The predicted octanol–water partition coefficient (Wildman–Crippen LogP) is 1.42. The normalized spacial score (nSPS) is 17.5. The number of pyridine rings is 1. The second kappa shape index (κ2) is 8.20. The number of fused-ring (bicyclic) bond motifs is 1. The van der Waals surface area contributed by atoms with Gasteiger partial charge in [0, 0.05) is 43.8 Å². The summed E-state index contributed by atoms with van der Waals surface area (Å²) < 4.78 is 0. The lowest BCUT2D eigenvalue weighted by Gasteiger charge is -2.28. The van der Waals surface area contributed by atoms with Gasteiger partial charge in [-0.25, -0.2) is 4.98 Å². The minimum atomic E-state index is -1.02. The van der Waals surface area contributed by atoms with Crippen LogP contribution in [0.4, 0.5) is 0 Å². The lowest BCUT2D eigenvalue weighted by atomic mass is 10.1. The highest BCUT2D eigenvalue weighted by Crippen LogP contribution is 2.20. The first-order valence-electron chi connectivity index (χ1n) is 9.13. The van der Waals surface area contributed by atoms with E-state index in [9.17, 15) is 14.4 Å². The number of amides is 2. The largest absolute Gasteiger partial charge is 0.480 e. The number of carboxylic acids is 1. The Morgan fingerprint density at radius 1 is 1.33 bits per heavy atom. The molecule has 1 saturated heterocycles. The van der Waals surface area contributed by atoms with E-state index in [-0.39, 0.29) is 24.4 Å². The van der Waals surface area contributed by atoms with E-state index in [1.807, 2.05) is 23.2 Å². The Balaban J connectivity index is 1.64. The molecule has 2 amide bonds. The van der Waals surface area contributed by atoms with Gasteiger partial charge in [0.1, 0.15) is 12.2 Å². The Bertz CT molecular complexity index is 847. The van der Waals surface area contributed by atoms with E-state index in [4.69, 9.17) is 5.11 Å². The highest BCUT2D eigenvalue weighted by Gasteiger charge is 2.27. The molecule has 1 atom stereocenters. The van der Waals surface area contributed by atoms with Crippen LogP contribution in [0.1, 0.15) is 31.7 Å². The zero-order valence-corrected chi connectivity index (χ0v) is 15.4. The first kappa shape index (κ1) is 18.9. The molecular weight excluding hydrogens is 348 g/mol. The molecule has 1 fully saturated rings. The van der Waals surface area contributed by atoms with Gasteiger partial charge in [-0.3, -0.25) is 14.4 Å². The lowest BCUT2D eigenvalue weighted by Crippen LogP contribution is -2.43. The molecule has 0 aromatic carbocycles. The van der Waals surface area contributed by atoms with Gasteiger partial charge in [0.25, 0.3) is 0 Å². The molecule has 0 bridgehead atoms. The summed E-state index contributed by atoms with van der Waals surface area (Å²) in [4.78, 5) is 46.2. The van der Waals surface area contributed by atoms with Crippen molar-refractivity contribution >= 4 is 28.8 Å².